The fraction of sp³-hybridized carbons (Fsp3) is 0.425. The summed E-state index contributed by atoms with van der Waals surface area (Å²) in [6, 6.07) is 27.3. The van der Waals surface area contributed by atoms with Gasteiger partial charge < -0.3 is 28.4 Å². The number of benzene rings is 3. The number of aromatic nitrogens is 2. The molecule has 1 aliphatic heterocycles. The molecule has 0 spiro atoms. The average Bonchev–Trinajstić information content (AvgIpc) is 3.56. The molecule has 1 aromatic heterocycles. The maximum atomic E-state index is 13.2. The van der Waals surface area contributed by atoms with Crippen molar-refractivity contribution in [1.82, 2.24) is 14.2 Å². The van der Waals surface area contributed by atoms with E-state index in [1.54, 1.807) is 21.1 Å². The number of ether oxygens (including phenoxy) is 4. The van der Waals surface area contributed by atoms with Gasteiger partial charge in [-0.2, -0.15) is 5.26 Å². The monoisotopic (exact) mass is 744 g/mol. The Bertz CT molecular complexity index is 1890. The summed E-state index contributed by atoms with van der Waals surface area (Å²) >= 11 is 0. The van der Waals surface area contributed by atoms with Crippen molar-refractivity contribution >= 4 is 8.53 Å². The van der Waals surface area contributed by atoms with Gasteiger partial charge in [-0.25, -0.2) is 9.46 Å². The quantitative estimate of drug-likeness (QED) is 0.0956. The summed E-state index contributed by atoms with van der Waals surface area (Å²) in [6.07, 6.45) is -1.36. The number of nitrogens with zero attached hydrogens (tertiary/aromatic N) is 3. The highest BCUT2D eigenvalue weighted by molar-refractivity contribution is 7.43. The molecule has 3 aromatic carbocycles. The lowest BCUT2D eigenvalue weighted by molar-refractivity contribution is -0.144. The van der Waals surface area contributed by atoms with Crippen LogP contribution in [0.3, 0.4) is 0 Å². The molecule has 0 radical (unpaired) electrons. The minimum Gasteiger partial charge on any atom is -0.497 e. The normalized spacial score (nSPS) is 18.6. The van der Waals surface area contributed by atoms with Crippen LogP contribution in [0.15, 0.2) is 94.6 Å². The highest BCUT2D eigenvalue weighted by atomic mass is 31.2. The van der Waals surface area contributed by atoms with E-state index in [1.807, 2.05) is 111 Å². The Kier molecular flexibility index (Phi) is 13.3. The topological polar surface area (TPSA) is 148 Å². The molecule has 0 bridgehead atoms. The molecule has 12 nitrogen and oxygen atoms in total. The van der Waals surface area contributed by atoms with Crippen molar-refractivity contribution in [3.63, 3.8) is 0 Å². The zero-order chi connectivity index (χ0) is 38.3. The maximum Gasteiger partial charge on any atom is 0.330 e. The highest BCUT2D eigenvalue weighted by Gasteiger charge is 2.49. The molecule has 53 heavy (non-hydrogen) atoms. The van der Waals surface area contributed by atoms with Gasteiger partial charge in [0.05, 0.1) is 32.5 Å². The molecule has 1 fully saturated rings. The summed E-state index contributed by atoms with van der Waals surface area (Å²) in [7, 11) is 1.09. The Morgan fingerprint density at radius 1 is 0.943 bits per heavy atom. The Labute approximate surface area is 311 Å². The van der Waals surface area contributed by atoms with Crippen LogP contribution in [-0.4, -0.2) is 63.7 Å². The number of rotatable bonds is 16. The van der Waals surface area contributed by atoms with Gasteiger partial charge >= 0.3 is 5.69 Å². The van der Waals surface area contributed by atoms with E-state index in [4.69, 9.17) is 23.5 Å². The number of aromatic amines is 1. The molecule has 0 saturated carbocycles. The van der Waals surface area contributed by atoms with Crippen LogP contribution < -0.4 is 20.7 Å². The number of aryl methyl sites for hydroxylation is 1. The molecule has 282 valence electrons. The maximum absolute atomic E-state index is 13.2. The van der Waals surface area contributed by atoms with Gasteiger partial charge in [-0.3, -0.25) is 14.3 Å². The molecule has 5 rings (SSSR count). The van der Waals surface area contributed by atoms with Gasteiger partial charge in [0.25, 0.3) is 14.1 Å². The van der Waals surface area contributed by atoms with Crippen molar-refractivity contribution < 1.29 is 28.4 Å². The lowest BCUT2D eigenvalue weighted by atomic mass is 9.79. The minimum atomic E-state index is -2.12. The van der Waals surface area contributed by atoms with Crippen molar-refractivity contribution in [2.24, 2.45) is 0 Å². The summed E-state index contributed by atoms with van der Waals surface area (Å²) in [5, 5.41) is 9.92. The van der Waals surface area contributed by atoms with Crippen LogP contribution in [0.2, 0.25) is 0 Å². The van der Waals surface area contributed by atoms with Crippen LogP contribution in [0.4, 0.5) is 0 Å². The molecular weight excluding hydrogens is 695 g/mol. The zero-order valence-electron chi connectivity index (χ0n) is 31.3. The lowest BCUT2D eigenvalue weighted by Crippen LogP contribution is -2.45. The van der Waals surface area contributed by atoms with Crippen molar-refractivity contribution in [2.75, 3.05) is 14.2 Å². The predicted octanol–water partition coefficient (Wildman–Crippen LogP) is 6.55. The first-order valence-corrected chi connectivity index (χ1v) is 18.9. The van der Waals surface area contributed by atoms with Crippen LogP contribution in [-0.2, 0) is 19.6 Å². The molecule has 1 aliphatic rings. The number of hydrogen-bond donors (Lipinski definition) is 2. The Hall–Kier alpha value is -4.34. The van der Waals surface area contributed by atoms with Gasteiger partial charge in [-0.1, -0.05) is 54.6 Å². The second-order valence-corrected chi connectivity index (χ2v) is 14.8. The molecule has 5 atom stereocenters. The van der Waals surface area contributed by atoms with E-state index >= 15 is 0 Å². The SMILES string of the molecule is COc1ccc(C(OC(CCC#N)[C@H]2O[C@@H](n3cc(C)c(=O)[nH]c3=O)C[C@@H]2OP(O)N(C(C)C)C(C)C)(c2ccccc2)c2ccc(OC)cc2)cc1. The largest absolute Gasteiger partial charge is 0.497 e. The Morgan fingerprint density at radius 2 is 1.49 bits per heavy atom. The standard InChI is InChI=1S/C40H49N4O8P/c1-26(2)44(27(3)4)53(47)52-35-24-36(43-25-28(5)38(45)42-39(43)46)50-37(35)34(14-11-23-41)51-40(29-12-9-8-10-13-29,30-15-19-32(48-6)20-16-30)31-17-21-33(49-7)22-18-31/h8-10,12-13,15-22,25-27,34-37,47H,11,14,24H2,1-7H3,(H,42,45,46)/t34?,35-,36+,37+,53?/m0/s1. The molecule has 4 aromatic rings. The molecule has 2 heterocycles. The summed E-state index contributed by atoms with van der Waals surface area (Å²) in [5.41, 5.74) is 0.336. The summed E-state index contributed by atoms with van der Waals surface area (Å²) in [4.78, 5) is 39.5. The van der Waals surface area contributed by atoms with Gasteiger partial charge in [-0.15, -0.1) is 0 Å². The van der Waals surface area contributed by atoms with E-state index in [-0.39, 0.29) is 31.3 Å². The van der Waals surface area contributed by atoms with Crippen LogP contribution in [0.5, 0.6) is 11.5 Å². The number of nitriles is 1. The number of hydrogen-bond acceptors (Lipinski definition) is 10. The van der Waals surface area contributed by atoms with Gasteiger partial charge in [0, 0.05) is 36.7 Å². The van der Waals surface area contributed by atoms with Crippen molar-refractivity contribution in [3.8, 4) is 17.6 Å². The lowest BCUT2D eigenvalue weighted by Gasteiger charge is -2.41. The molecule has 13 heteroatoms. The first kappa shape index (κ1) is 39.9. The molecule has 0 amide bonds. The summed E-state index contributed by atoms with van der Waals surface area (Å²) in [5.74, 6) is 1.33. The van der Waals surface area contributed by atoms with Crippen molar-refractivity contribution in [3.05, 3.63) is 128 Å². The molecule has 2 unspecified atom stereocenters. The molecule has 2 N–H and O–H groups in total. The molecule has 0 aliphatic carbocycles. The average molecular weight is 745 g/mol. The third-order valence-electron chi connectivity index (χ3n) is 9.46. The van der Waals surface area contributed by atoms with E-state index < -0.39 is 49.9 Å². The van der Waals surface area contributed by atoms with Crippen LogP contribution in [0.25, 0.3) is 0 Å². The van der Waals surface area contributed by atoms with Crippen LogP contribution >= 0.6 is 8.53 Å². The Balaban J connectivity index is 1.70. The number of nitrogens with one attached hydrogen (secondary N) is 1. The van der Waals surface area contributed by atoms with E-state index in [1.165, 1.54) is 10.8 Å². The summed E-state index contributed by atoms with van der Waals surface area (Å²) < 4.78 is 35.0. The summed E-state index contributed by atoms with van der Waals surface area (Å²) in [6.45, 7) is 9.56. The number of H-pyrrole nitrogens is 1. The molecule has 1 saturated heterocycles. The first-order chi connectivity index (χ1) is 25.4. The fourth-order valence-corrected chi connectivity index (χ4v) is 8.33. The smallest absolute Gasteiger partial charge is 0.330 e. The van der Waals surface area contributed by atoms with E-state index in [9.17, 15) is 19.7 Å². The zero-order valence-corrected chi connectivity index (χ0v) is 32.2. The second kappa shape index (κ2) is 17.7. The van der Waals surface area contributed by atoms with Gasteiger partial charge in [-0.05, 0) is 82.0 Å². The second-order valence-electron chi connectivity index (χ2n) is 13.6. The van der Waals surface area contributed by atoms with Crippen LogP contribution in [0.1, 0.15) is 75.4 Å². The molecular formula is C40H49N4O8P. The van der Waals surface area contributed by atoms with Gasteiger partial charge in [0.15, 0.2) is 0 Å². The third-order valence-corrected chi connectivity index (χ3v) is 11.2. The van der Waals surface area contributed by atoms with Gasteiger partial charge in [0.1, 0.15) is 29.4 Å². The Morgan fingerprint density at radius 3 is 2.00 bits per heavy atom. The minimum absolute atomic E-state index is 0.0337. The van der Waals surface area contributed by atoms with Crippen molar-refractivity contribution in [1.29, 1.82) is 5.26 Å². The first-order valence-electron chi connectivity index (χ1n) is 17.7. The highest BCUT2D eigenvalue weighted by Crippen LogP contribution is 2.49. The number of methoxy groups -OCH3 is 2. The fourth-order valence-electron chi connectivity index (χ4n) is 6.99. The predicted molar refractivity (Wildman–Crippen MR) is 203 cm³/mol. The third kappa shape index (κ3) is 8.73. The van der Waals surface area contributed by atoms with Crippen molar-refractivity contribution in [2.45, 2.75) is 96.1 Å². The van der Waals surface area contributed by atoms with E-state index in [0.29, 0.717) is 17.1 Å². The van der Waals surface area contributed by atoms with E-state index in [0.717, 1.165) is 16.7 Å². The van der Waals surface area contributed by atoms with Crippen LogP contribution in [0, 0.1) is 18.3 Å². The van der Waals surface area contributed by atoms with E-state index in [2.05, 4.69) is 11.1 Å². The van der Waals surface area contributed by atoms with Gasteiger partial charge in [0.2, 0.25) is 0 Å².